The Balaban J connectivity index is 2.91. The molecule has 1 aromatic rings. The van der Waals surface area contributed by atoms with Crippen LogP contribution in [-0.4, -0.2) is 50.8 Å². The molecule has 1 rings (SSSR count). The van der Waals surface area contributed by atoms with Gasteiger partial charge in [-0.15, -0.1) is 0 Å². The van der Waals surface area contributed by atoms with E-state index in [1.165, 1.54) is 27.3 Å². The molecule has 0 atom stereocenters. The van der Waals surface area contributed by atoms with Crippen molar-refractivity contribution in [2.45, 2.75) is 0 Å². The van der Waals surface area contributed by atoms with Gasteiger partial charge in [0.25, 0.3) is 0 Å². The molecule has 0 saturated heterocycles. The van der Waals surface area contributed by atoms with Crippen molar-refractivity contribution in [2.24, 2.45) is 9.98 Å². The number of hydrogen-bond acceptors (Lipinski definition) is 6. The number of carbonyl (C=O) groups is 2. The Hall–Kier alpha value is -3.42. The summed E-state index contributed by atoms with van der Waals surface area (Å²) in [4.78, 5) is 30.3. The highest BCUT2D eigenvalue weighted by Crippen LogP contribution is 2.27. The van der Waals surface area contributed by atoms with Gasteiger partial charge in [0.05, 0.1) is 14.2 Å². The van der Waals surface area contributed by atoms with Gasteiger partial charge < -0.3 is 19.9 Å². The SMILES string of the molecule is C=N/C=C(C(=O)O)\C(=N/C)NC(=O)/C=C/c1ccc(OC)c(OC)c1. The van der Waals surface area contributed by atoms with Gasteiger partial charge in [-0.3, -0.25) is 14.8 Å². The molecule has 0 heterocycles. The van der Waals surface area contributed by atoms with Crippen LogP contribution in [0, 0.1) is 0 Å². The summed E-state index contributed by atoms with van der Waals surface area (Å²) < 4.78 is 10.3. The normalized spacial score (nSPS) is 12.0. The van der Waals surface area contributed by atoms with Crippen molar-refractivity contribution >= 4 is 30.5 Å². The quantitative estimate of drug-likeness (QED) is 0.442. The molecule has 2 N–H and O–H groups in total. The molecule has 0 saturated carbocycles. The highest BCUT2D eigenvalue weighted by molar-refractivity contribution is 6.23. The number of nitrogens with zero attached hydrogens (tertiary/aromatic N) is 2. The number of amidine groups is 1. The number of hydrogen-bond donors (Lipinski definition) is 2. The van der Waals surface area contributed by atoms with Crippen LogP contribution in [0.4, 0.5) is 0 Å². The highest BCUT2D eigenvalue weighted by Gasteiger charge is 2.16. The van der Waals surface area contributed by atoms with Crippen molar-refractivity contribution in [1.82, 2.24) is 5.32 Å². The average Bonchev–Trinajstić information content (AvgIpc) is 2.62. The smallest absolute Gasteiger partial charge is 0.341 e. The minimum atomic E-state index is -1.28. The predicted molar refractivity (Wildman–Crippen MR) is 95.3 cm³/mol. The molecular formula is C17H19N3O5. The van der Waals surface area contributed by atoms with Crippen LogP contribution >= 0.6 is 0 Å². The zero-order valence-electron chi connectivity index (χ0n) is 14.1. The fourth-order valence-electron chi connectivity index (χ4n) is 1.84. The van der Waals surface area contributed by atoms with Crippen LogP contribution in [0.2, 0.25) is 0 Å². The molecule has 1 aromatic carbocycles. The van der Waals surface area contributed by atoms with Crippen LogP contribution < -0.4 is 14.8 Å². The van der Waals surface area contributed by atoms with Gasteiger partial charge in [-0.2, -0.15) is 0 Å². The molecule has 0 spiro atoms. The number of aliphatic imine (C=N–C) groups is 2. The zero-order chi connectivity index (χ0) is 18.8. The number of carboxylic acids is 1. The minimum Gasteiger partial charge on any atom is -0.493 e. The number of rotatable bonds is 7. The van der Waals surface area contributed by atoms with Crippen molar-refractivity contribution in [3.63, 3.8) is 0 Å². The Morgan fingerprint density at radius 1 is 1.24 bits per heavy atom. The van der Waals surface area contributed by atoms with E-state index in [9.17, 15) is 9.59 Å². The van der Waals surface area contributed by atoms with E-state index in [0.29, 0.717) is 17.1 Å². The fourth-order valence-corrected chi connectivity index (χ4v) is 1.84. The second-order valence-corrected chi connectivity index (χ2v) is 4.54. The number of benzene rings is 1. The highest BCUT2D eigenvalue weighted by atomic mass is 16.5. The Morgan fingerprint density at radius 3 is 2.44 bits per heavy atom. The molecule has 0 fully saturated rings. The lowest BCUT2D eigenvalue weighted by atomic mass is 10.2. The van der Waals surface area contributed by atoms with E-state index >= 15 is 0 Å². The molecular weight excluding hydrogens is 326 g/mol. The van der Waals surface area contributed by atoms with E-state index in [0.717, 1.165) is 6.20 Å². The molecule has 1 amide bonds. The first kappa shape index (κ1) is 19.6. The van der Waals surface area contributed by atoms with E-state index in [1.807, 2.05) is 0 Å². The Kier molecular flexibility index (Phi) is 7.58. The van der Waals surface area contributed by atoms with Crippen LogP contribution in [0.3, 0.4) is 0 Å². The van der Waals surface area contributed by atoms with Crippen LogP contribution in [0.5, 0.6) is 11.5 Å². The minimum absolute atomic E-state index is 0.123. The Morgan fingerprint density at radius 2 is 1.92 bits per heavy atom. The third-order valence-corrected chi connectivity index (χ3v) is 3.01. The predicted octanol–water partition coefficient (Wildman–Crippen LogP) is 1.53. The van der Waals surface area contributed by atoms with Crippen LogP contribution in [0.15, 0.2) is 46.0 Å². The molecule has 0 unspecified atom stereocenters. The second-order valence-electron chi connectivity index (χ2n) is 4.54. The van der Waals surface area contributed by atoms with Crippen LogP contribution in [-0.2, 0) is 9.59 Å². The van der Waals surface area contributed by atoms with E-state index in [4.69, 9.17) is 14.6 Å². The largest absolute Gasteiger partial charge is 0.493 e. The maximum atomic E-state index is 12.0. The maximum absolute atomic E-state index is 12.0. The molecule has 25 heavy (non-hydrogen) atoms. The average molecular weight is 345 g/mol. The van der Waals surface area contributed by atoms with E-state index in [2.05, 4.69) is 22.0 Å². The first-order valence-corrected chi connectivity index (χ1v) is 7.04. The van der Waals surface area contributed by atoms with E-state index in [1.54, 1.807) is 24.3 Å². The molecule has 0 radical (unpaired) electrons. The molecule has 0 bridgehead atoms. The standard InChI is InChI=1S/C17H19N3O5/c1-18-10-12(17(22)23)16(19-2)20-15(21)8-6-11-5-7-13(24-3)14(9-11)25-4/h5-10H,1H2,2-4H3,(H,22,23)(H,19,20,21)/b8-6+,12-10+. The number of ether oxygens (including phenoxy) is 2. The van der Waals surface area contributed by atoms with Gasteiger partial charge in [-0.25, -0.2) is 4.79 Å². The summed E-state index contributed by atoms with van der Waals surface area (Å²) in [7, 11) is 4.39. The van der Waals surface area contributed by atoms with Gasteiger partial charge in [0, 0.05) is 19.3 Å². The summed E-state index contributed by atoms with van der Waals surface area (Å²) in [5.74, 6) is -0.864. The molecule has 0 aliphatic carbocycles. The molecule has 8 heteroatoms. The van der Waals surface area contributed by atoms with Crippen molar-refractivity contribution < 1.29 is 24.2 Å². The number of aliphatic carboxylic acids is 1. The van der Waals surface area contributed by atoms with Gasteiger partial charge in [-0.05, 0) is 30.5 Å². The fraction of sp³-hybridized carbons (Fsp3) is 0.176. The summed E-state index contributed by atoms with van der Waals surface area (Å²) in [5.41, 5.74) is 0.426. The maximum Gasteiger partial charge on any atom is 0.341 e. The monoisotopic (exact) mass is 345 g/mol. The lowest BCUT2D eigenvalue weighted by molar-refractivity contribution is -0.132. The van der Waals surface area contributed by atoms with Crippen molar-refractivity contribution in [3.05, 3.63) is 41.6 Å². The summed E-state index contributed by atoms with van der Waals surface area (Å²) in [6, 6.07) is 5.14. The number of amides is 1. The third kappa shape index (κ3) is 5.61. The number of nitrogens with one attached hydrogen (secondary N) is 1. The van der Waals surface area contributed by atoms with Crippen molar-refractivity contribution in [1.29, 1.82) is 0 Å². The second kappa shape index (κ2) is 9.66. The lowest BCUT2D eigenvalue weighted by Gasteiger charge is -2.08. The van der Waals surface area contributed by atoms with Gasteiger partial charge in [0.1, 0.15) is 11.4 Å². The zero-order valence-corrected chi connectivity index (χ0v) is 14.1. The lowest BCUT2D eigenvalue weighted by Crippen LogP contribution is -2.32. The summed E-state index contributed by atoms with van der Waals surface area (Å²) in [5, 5.41) is 11.5. The van der Waals surface area contributed by atoms with Gasteiger partial charge >= 0.3 is 5.97 Å². The van der Waals surface area contributed by atoms with Crippen molar-refractivity contribution in [2.75, 3.05) is 21.3 Å². The number of methoxy groups -OCH3 is 2. The summed E-state index contributed by atoms with van der Waals surface area (Å²) in [6.45, 7) is 3.19. The number of carbonyl (C=O) groups excluding carboxylic acids is 1. The van der Waals surface area contributed by atoms with Crippen LogP contribution in [0.1, 0.15) is 5.56 Å². The first-order chi connectivity index (χ1) is 12.0. The Bertz CT molecular complexity index is 751. The van der Waals surface area contributed by atoms with Gasteiger partial charge in [0.15, 0.2) is 11.5 Å². The molecule has 8 nitrogen and oxygen atoms in total. The third-order valence-electron chi connectivity index (χ3n) is 3.01. The van der Waals surface area contributed by atoms with Gasteiger partial charge in [-0.1, -0.05) is 6.07 Å². The Labute approximate surface area is 145 Å². The van der Waals surface area contributed by atoms with E-state index in [-0.39, 0.29) is 11.4 Å². The molecule has 0 aliphatic rings. The number of carboxylic acid groups (broad SMARTS) is 1. The topological polar surface area (TPSA) is 110 Å². The summed E-state index contributed by atoms with van der Waals surface area (Å²) >= 11 is 0. The molecule has 0 aromatic heterocycles. The first-order valence-electron chi connectivity index (χ1n) is 7.04. The molecule has 0 aliphatic heterocycles. The van der Waals surface area contributed by atoms with E-state index < -0.39 is 11.9 Å². The summed E-state index contributed by atoms with van der Waals surface area (Å²) in [6.07, 6.45) is 3.79. The molecule has 132 valence electrons. The van der Waals surface area contributed by atoms with Gasteiger partial charge in [0.2, 0.25) is 5.91 Å². The van der Waals surface area contributed by atoms with Crippen molar-refractivity contribution in [3.8, 4) is 11.5 Å². The van der Waals surface area contributed by atoms with Crippen LogP contribution in [0.25, 0.3) is 6.08 Å².